The molecule has 4 rings (SSSR count). The molecule has 3 heterocycles. The number of nitrogens with zero attached hydrogens (tertiary/aromatic N) is 5. The third kappa shape index (κ3) is 4.26. The Morgan fingerprint density at radius 2 is 1.79 bits per heavy atom. The van der Waals surface area contributed by atoms with Gasteiger partial charge < -0.3 is 9.64 Å². The van der Waals surface area contributed by atoms with E-state index in [1.807, 2.05) is 13.0 Å². The van der Waals surface area contributed by atoms with Crippen LogP contribution >= 0.6 is 0 Å². The first-order valence-electron chi connectivity index (χ1n) is 10.2. The number of fused-ring (bicyclic) bond motifs is 1. The smallest absolute Gasteiger partial charge is 0.433 e. The van der Waals surface area contributed by atoms with Crippen LogP contribution in [0.25, 0.3) is 22.4 Å². The van der Waals surface area contributed by atoms with E-state index in [0.29, 0.717) is 39.5 Å². The summed E-state index contributed by atoms with van der Waals surface area (Å²) in [7, 11) is 3.13. The van der Waals surface area contributed by atoms with Crippen molar-refractivity contribution in [1.29, 1.82) is 0 Å². The first-order valence-corrected chi connectivity index (χ1v) is 10.2. The Kier molecular flexibility index (Phi) is 5.90. The maximum Gasteiger partial charge on any atom is 0.433 e. The molecule has 10 heteroatoms. The molecule has 0 spiro atoms. The lowest BCUT2D eigenvalue weighted by Crippen LogP contribution is -2.27. The Morgan fingerprint density at radius 3 is 2.47 bits per heavy atom. The van der Waals surface area contributed by atoms with Crippen molar-refractivity contribution in [2.75, 3.05) is 19.1 Å². The van der Waals surface area contributed by atoms with Crippen LogP contribution in [0.3, 0.4) is 0 Å². The van der Waals surface area contributed by atoms with Gasteiger partial charge >= 0.3 is 6.18 Å². The molecule has 0 radical (unpaired) electrons. The summed E-state index contributed by atoms with van der Waals surface area (Å²) in [4.78, 5) is 30.8. The fraction of sp³-hybridized carbons (Fsp3) is 0.208. The molecule has 7 nitrogen and oxygen atoms in total. The van der Waals surface area contributed by atoms with Crippen LogP contribution in [0.2, 0.25) is 0 Å². The second-order valence-electron chi connectivity index (χ2n) is 7.69. The number of anilines is 1. The number of rotatable bonds is 4. The van der Waals surface area contributed by atoms with Crippen molar-refractivity contribution in [1.82, 2.24) is 19.9 Å². The van der Waals surface area contributed by atoms with Gasteiger partial charge in [0.25, 0.3) is 5.91 Å². The summed E-state index contributed by atoms with van der Waals surface area (Å²) in [6.07, 6.45) is -0.267. The van der Waals surface area contributed by atoms with Gasteiger partial charge in [-0.2, -0.15) is 13.2 Å². The molecule has 3 aromatic heterocycles. The van der Waals surface area contributed by atoms with E-state index < -0.39 is 11.9 Å². The molecule has 0 N–H and O–H groups in total. The molecule has 0 saturated carbocycles. The number of amides is 1. The van der Waals surface area contributed by atoms with E-state index in [2.05, 4.69) is 19.9 Å². The zero-order valence-corrected chi connectivity index (χ0v) is 18.8. The summed E-state index contributed by atoms with van der Waals surface area (Å²) >= 11 is 0. The van der Waals surface area contributed by atoms with E-state index in [9.17, 15) is 18.0 Å². The summed E-state index contributed by atoms with van der Waals surface area (Å²) in [5.41, 5.74) is 2.28. The summed E-state index contributed by atoms with van der Waals surface area (Å²) in [6.45, 7) is 3.40. The maximum atomic E-state index is 13.1. The maximum absolute atomic E-state index is 13.1. The normalized spacial score (nSPS) is 11.5. The molecule has 0 aliphatic carbocycles. The fourth-order valence-corrected chi connectivity index (χ4v) is 3.65. The minimum absolute atomic E-state index is 0.0704. The Labute approximate surface area is 193 Å². The minimum atomic E-state index is -4.55. The molecule has 1 amide bonds. The number of carbonyl (C=O) groups excluding carboxylic acids is 1. The molecule has 1 aromatic carbocycles. The van der Waals surface area contributed by atoms with Crippen molar-refractivity contribution < 1.29 is 22.7 Å². The highest BCUT2D eigenvalue weighted by Gasteiger charge is 2.33. The number of benzene rings is 1. The summed E-state index contributed by atoms with van der Waals surface area (Å²) in [6, 6.07) is 7.90. The van der Waals surface area contributed by atoms with E-state index in [1.54, 1.807) is 32.2 Å². The molecular formula is C24H20F3N5O2. The van der Waals surface area contributed by atoms with Gasteiger partial charge in [0.05, 0.1) is 30.6 Å². The van der Waals surface area contributed by atoms with Gasteiger partial charge in [0.1, 0.15) is 17.0 Å². The highest BCUT2D eigenvalue weighted by molar-refractivity contribution is 6.07. The second kappa shape index (κ2) is 8.69. The average Bonchev–Trinajstić information content (AvgIpc) is 2.82. The molecule has 0 saturated heterocycles. The van der Waals surface area contributed by atoms with Crippen LogP contribution in [-0.2, 0) is 6.18 Å². The number of hydrogen-bond acceptors (Lipinski definition) is 6. The number of halogens is 3. The Morgan fingerprint density at radius 1 is 1.03 bits per heavy atom. The van der Waals surface area contributed by atoms with Crippen molar-refractivity contribution in [3.05, 3.63) is 71.3 Å². The van der Waals surface area contributed by atoms with Crippen LogP contribution in [0.4, 0.5) is 18.9 Å². The molecule has 174 valence electrons. The van der Waals surface area contributed by atoms with Gasteiger partial charge in [-0.3, -0.25) is 9.78 Å². The molecule has 4 aromatic rings. The quantitative estimate of drug-likeness (QED) is 0.420. The lowest BCUT2D eigenvalue weighted by Gasteiger charge is -2.21. The van der Waals surface area contributed by atoms with E-state index in [0.717, 1.165) is 11.6 Å². The Hall–Kier alpha value is -4.08. The lowest BCUT2D eigenvalue weighted by molar-refractivity contribution is -0.141. The number of alkyl halides is 3. The second-order valence-corrected chi connectivity index (χ2v) is 7.69. The van der Waals surface area contributed by atoms with Crippen LogP contribution in [0.5, 0.6) is 5.75 Å². The van der Waals surface area contributed by atoms with E-state index >= 15 is 0 Å². The van der Waals surface area contributed by atoms with Crippen molar-refractivity contribution in [3.8, 4) is 17.1 Å². The number of aryl methyl sites for hydroxylation is 2. The number of hydrogen-bond donors (Lipinski definition) is 0. The predicted octanol–water partition coefficient (Wildman–Crippen LogP) is 5.01. The van der Waals surface area contributed by atoms with Crippen LogP contribution in [0.1, 0.15) is 27.2 Å². The van der Waals surface area contributed by atoms with Crippen molar-refractivity contribution in [2.45, 2.75) is 20.0 Å². The fourth-order valence-electron chi connectivity index (χ4n) is 3.65. The third-order valence-corrected chi connectivity index (χ3v) is 5.38. The molecule has 0 atom stereocenters. The van der Waals surface area contributed by atoms with E-state index in [-0.39, 0.29) is 11.4 Å². The monoisotopic (exact) mass is 467 g/mol. The first-order chi connectivity index (χ1) is 16.1. The SMILES string of the molecule is COc1cnccc1C(=O)N(C)c1ccc(-c2ncc3nc(C(F)(F)F)cc(C)c3n2)cc1C. The average molecular weight is 467 g/mol. The van der Waals surface area contributed by atoms with Gasteiger partial charge in [-0.15, -0.1) is 0 Å². The van der Waals surface area contributed by atoms with Gasteiger partial charge in [0.15, 0.2) is 5.82 Å². The van der Waals surface area contributed by atoms with Crippen LogP contribution < -0.4 is 9.64 Å². The molecule has 34 heavy (non-hydrogen) atoms. The van der Waals surface area contributed by atoms with Gasteiger partial charge in [-0.1, -0.05) is 0 Å². The van der Waals surface area contributed by atoms with E-state index in [1.165, 1.54) is 30.6 Å². The van der Waals surface area contributed by atoms with Gasteiger partial charge in [0, 0.05) is 24.5 Å². The third-order valence-electron chi connectivity index (χ3n) is 5.38. The zero-order chi connectivity index (χ0) is 24.6. The van der Waals surface area contributed by atoms with Gasteiger partial charge in [0.2, 0.25) is 0 Å². The van der Waals surface area contributed by atoms with Gasteiger partial charge in [-0.25, -0.2) is 15.0 Å². The van der Waals surface area contributed by atoms with Crippen molar-refractivity contribution in [3.63, 3.8) is 0 Å². The molecule has 0 aliphatic heterocycles. The topological polar surface area (TPSA) is 81.1 Å². The summed E-state index contributed by atoms with van der Waals surface area (Å²) in [5.74, 6) is 0.451. The van der Waals surface area contributed by atoms with Gasteiger partial charge in [-0.05, 0) is 55.3 Å². The highest BCUT2D eigenvalue weighted by atomic mass is 19.4. The summed E-state index contributed by atoms with van der Waals surface area (Å²) in [5, 5.41) is 0. The molecule has 0 aliphatic rings. The number of carbonyl (C=O) groups is 1. The Bertz CT molecular complexity index is 1410. The number of methoxy groups -OCH3 is 1. The molecular weight excluding hydrogens is 447 g/mol. The van der Waals surface area contributed by atoms with Crippen LogP contribution in [0.15, 0.2) is 48.9 Å². The zero-order valence-electron chi connectivity index (χ0n) is 18.8. The Balaban J connectivity index is 1.68. The number of ether oxygens (including phenoxy) is 1. The molecule has 0 bridgehead atoms. The van der Waals surface area contributed by atoms with Crippen LogP contribution in [-0.4, -0.2) is 40.0 Å². The number of pyridine rings is 2. The van der Waals surface area contributed by atoms with Crippen LogP contribution in [0, 0.1) is 13.8 Å². The summed E-state index contributed by atoms with van der Waals surface area (Å²) < 4.78 is 44.4. The number of aromatic nitrogens is 4. The molecule has 0 unspecified atom stereocenters. The van der Waals surface area contributed by atoms with Crippen molar-refractivity contribution >= 4 is 22.6 Å². The minimum Gasteiger partial charge on any atom is -0.494 e. The van der Waals surface area contributed by atoms with Crippen molar-refractivity contribution in [2.24, 2.45) is 0 Å². The van der Waals surface area contributed by atoms with E-state index in [4.69, 9.17) is 4.74 Å². The standard InChI is InChI=1S/C24H20F3N5O2/c1-13-9-15(5-6-18(13)32(3)23(33)16-7-8-28-12-19(16)34-4)22-29-11-17-21(31-22)14(2)10-20(30-17)24(25,26)27/h5-12H,1-4H3. The lowest BCUT2D eigenvalue weighted by atomic mass is 10.1. The highest BCUT2D eigenvalue weighted by Crippen LogP contribution is 2.31. The first kappa shape index (κ1) is 23.1. The largest absolute Gasteiger partial charge is 0.494 e. The molecule has 0 fully saturated rings. The predicted molar refractivity (Wildman–Crippen MR) is 121 cm³/mol.